The molecule has 0 atom stereocenters. The number of anilines is 1. The van der Waals surface area contributed by atoms with Crippen LogP contribution in [0.1, 0.15) is 25.0 Å². The molecule has 0 radical (unpaired) electrons. The lowest BCUT2D eigenvalue weighted by molar-refractivity contribution is -0.117. The number of nitrogens with zero attached hydrogens (tertiary/aromatic N) is 3. The summed E-state index contributed by atoms with van der Waals surface area (Å²) in [4.78, 5) is 24.0. The number of likely N-dealkylation sites (N-methyl/N-ethyl adjacent to an activating group) is 1. The molecule has 2 heterocycles. The van der Waals surface area contributed by atoms with E-state index in [2.05, 4.69) is 4.98 Å². The Labute approximate surface area is 216 Å². The molecule has 0 aliphatic heterocycles. The summed E-state index contributed by atoms with van der Waals surface area (Å²) >= 11 is 1.38. The quantitative estimate of drug-likeness (QED) is 0.153. The zero-order chi connectivity index (χ0) is 27.3. The van der Waals surface area contributed by atoms with Crippen molar-refractivity contribution in [2.24, 2.45) is 0 Å². The van der Waals surface area contributed by atoms with Crippen molar-refractivity contribution in [1.29, 1.82) is 0 Å². The van der Waals surface area contributed by atoms with E-state index in [0.717, 1.165) is 22.3 Å². The van der Waals surface area contributed by atoms with Gasteiger partial charge in [-0.05, 0) is 48.2 Å². The molecular weight excluding hydrogens is 506 g/mol. The van der Waals surface area contributed by atoms with Gasteiger partial charge >= 0.3 is 0 Å². The van der Waals surface area contributed by atoms with Gasteiger partial charge in [-0.15, -0.1) is 11.3 Å². The molecule has 10 heteroatoms. The third-order valence-corrected chi connectivity index (χ3v) is 6.41. The highest BCUT2D eigenvalue weighted by molar-refractivity contribution is 7.13. The summed E-state index contributed by atoms with van der Waals surface area (Å²) in [7, 11) is 2.97. The number of halogens is 4. The molecule has 0 saturated carbocycles. The molecule has 0 bridgehead atoms. The van der Waals surface area contributed by atoms with E-state index < -0.39 is 46.7 Å². The fourth-order valence-corrected chi connectivity index (χ4v) is 4.20. The van der Waals surface area contributed by atoms with Crippen LogP contribution in [0.4, 0.5) is 23.4 Å². The number of benzene rings is 2. The van der Waals surface area contributed by atoms with Gasteiger partial charge in [-0.2, -0.15) is 0 Å². The molecule has 0 spiro atoms. The van der Waals surface area contributed by atoms with Crippen LogP contribution in [0.25, 0.3) is 21.8 Å². The Balaban J connectivity index is 0.00000186. The zero-order valence-corrected chi connectivity index (χ0v) is 21.7. The van der Waals surface area contributed by atoms with Crippen LogP contribution in [-0.4, -0.2) is 30.0 Å². The van der Waals surface area contributed by atoms with Crippen LogP contribution < -0.4 is 9.64 Å². The van der Waals surface area contributed by atoms with Gasteiger partial charge in [-0.1, -0.05) is 19.9 Å². The first-order chi connectivity index (χ1) is 17.7. The molecule has 1 amide bonds. The maximum Gasteiger partial charge on any atom is 0.232 e. The lowest BCUT2D eigenvalue weighted by Crippen LogP contribution is -2.30. The van der Waals surface area contributed by atoms with Gasteiger partial charge in [-0.3, -0.25) is 9.69 Å². The Morgan fingerprint density at radius 3 is 2.24 bits per heavy atom. The molecule has 37 heavy (non-hydrogen) atoms. The lowest BCUT2D eigenvalue weighted by Gasteiger charge is -2.20. The predicted molar refractivity (Wildman–Crippen MR) is 137 cm³/mol. The van der Waals surface area contributed by atoms with Crippen LogP contribution in [0, 0.1) is 30.2 Å². The van der Waals surface area contributed by atoms with E-state index in [9.17, 15) is 22.4 Å². The average molecular weight is 532 g/mol. The van der Waals surface area contributed by atoms with E-state index >= 15 is 0 Å². The first-order valence-corrected chi connectivity index (χ1v) is 12.2. The molecule has 2 aromatic carbocycles. The third-order valence-electron chi connectivity index (χ3n) is 5.54. The Kier molecular flexibility index (Phi) is 8.99. The second-order valence-corrected chi connectivity index (χ2v) is 8.57. The number of ether oxygens (including phenoxy) is 1. The van der Waals surface area contributed by atoms with Crippen molar-refractivity contribution in [3.8, 4) is 27.6 Å². The molecule has 0 N–H and O–H groups in total. The van der Waals surface area contributed by atoms with Crippen molar-refractivity contribution < 1.29 is 27.1 Å². The van der Waals surface area contributed by atoms with Gasteiger partial charge in [0.05, 0.1) is 30.3 Å². The molecule has 0 fully saturated rings. The number of carbonyl (C=O) groups is 1. The van der Waals surface area contributed by atoms with Gasteiger partial charge in [0, 0.05) is 18.2 Å². The van der Waals surface area contributed by atoms with Crippen LogP contribution in [0.15, 0.2) is 48.0 Å². The van der Waals surface area contributed by atoms with Gasteiger partial charge in [-0.25, -0.2) is 27.5 Å². The maximum absolute atomic E-state index is 14.3. The Bertz CT molecular complexity index is 1370. The Morgan fingerprint density at radius 1 is 1.00 bits per heavy atom. The smallest absolute Gasteiger partial charge is 0.232 e. The normalized spacial score (nSPS) is 10.5. The van der Waals surface area contributed by atoms with E-state index in [-0.39, 0.29) is 5.82 Å². The summed E-state index contributed by atoms with van der Waals surface area (Å²) < 4.78 is 60.8. The van der Waals surface area contributed by atoms with E-state index in [1.165, 1.54) is 24.6 Å². The number of thiophene rings is 1. The second-order valence-electron chi connectivity index (χ2n) is 7.62. The highest BCUT2D eigenvalue weighted by atomic mass is 32.1. The van der Waals surface area contributed by atoms with Crippen molar-refractivity contribution in [2.75, 3.05) is 19.1 Å². The van der Waals surface area contributed by atoms with Crippen molar-refractivity contribution in [2.45, 2.75) is 27.2 Å². The van der Waals surface area contributed by atoms with E-state index in [0.29, 0.717) is 17.1 Å². The molecule has 0 aliphatic rings. The molecule has 4 aromatic rings. The minimum Gasteiger partial charge on any atom is -0.497 e. The summed E-state index contributed by atoms with van der Waals surface area (Å²) in [6.07, 6.45) is 0.787. The van der Waals surface area contributed by atoms with Gasteiger partial charge < -0.3 is 4.74 Å². The second kappa shape index (κ2) is 12.0. The number of hydrogen-bond acceptors (Lipinski definition) is 5. The number of rotatable bonds is 6. The SMILES string of the molecule is CC.COc1ccc(-c2cnc(N(C)C(=O)Cc3c(C)c(F)c(F)c(F)c3F)c(-c3cccs3)n2)cc1. The molecule has 2 aromatic heterocycles. The first kappa shape index (κ1) is 27.8. The molecule has 194 valence electrons. The molecule has 0 aliphatic carbocycles. The van der Waals surface area contributed by atoms with Crippen molar-refractivity contribution >= 4 is 23.1 Å². The minimum absolute atomic E-state index is 0.177. The van der Waals surface area contributed by atoms with Crippen LogP contribution in [0.2, 0.25) is 0 Å². The highest BCUT2D eigenvalue weighted by Gasteiger charge is 2.27. The summed E-state index contributed by atoms with van der Waals surface area (Å²) in [6.45, 7) is 5.09. The van der Waals surface area contributed by atoms with Gasteiger partial charge in [0.1, 0.15) is 11.4 Å². The molecule has 4 rings (SSSR count). The molecular formula is C27H25F4N3O2S. The monoisotopic (exact) mass is 531 g/mol. The van der Waals surface area contributed by atoms with Crippen molar-refractivity contribution in [1.82, 2.24) is 9.97 Å². The topological polar surface area (TPSA) is 55.3 Å². The zero-order valence-electron chi connectivity index (χ0n) is 20.9. The number of carbonyl (C=O) groups excluding carboxylic acids is 1. The van der Waals surface area contributed by atoms with Crippen LogP contribution in [0.3, 0.4) is 0 Å². The molecule has 5 nitrogen and oxygen atoms in total. The first-order valence-electron chi connectivity index (χ1n) is 11.4. The minimum atomic E-state index is -1.96. The molecule has 0 saturated heterocycles. The van der Waals surface area contributed by atoms with E-state index in [1.54, 1.807) is 19.2 Å². The largest absolute Gasteiger partial charge is 0.497 e. The van der Waals surface area contributed by atoms with Crippen LogP contribution >= 0.6 is 11.3 Å². The van der Waals surface area contributed by atoms with Crippen LogP contribution in [-0.2, 0) is 11.2 Å². The number of methoxy groups -OCH3 is 1. The summed E-state index contributed by atoms with van der Waals surface area (Å²) in [5.74, 6) is -6.85. The maximum atomic E-state index is 14.3. The fourth-order valence-electron chi connectivity index (χ4n) is 3.49. The summed E-state index contributed by atoms with van der Waals surface area (Å²) in [6, 6.07) is 10.8. The van der Waals surface area contributed by atoms with Gasteiger partial charge in [0.15, 0.2) is 29.1 Å². The average Bonchev–Trinajstić information content (AvgIpc) is 3.48. The predicted octanol–water partition coefficient (Wildman–Crippen LogP) is 6.98. The third kappa shape index (κ3) is 5.64. The Hall–Kier alpha value is -3.79. The van der Waals surface area contributed by atoms with Gasteiger partial charge in [0.25, 0.3) is 0 Å². The van der Waals surface area contributed by atoms with E-state index in [1.807, 2.05) is 43.5 Å². The van der Waals surface area contributed by atoms with Crippen molar-refractivity contribution in [3.63, 3.8) is 0 Å². The number of amides is 1. The van der Waals surface area contributed by atoms with Crippen LogP contribution in [0.5, 0.6) is 5.75 Å². The fraction of sp³-hybridized carbons (Fsp3) is 0.222. The molecule has 0 unspecified atom stereocenters. The number of hydrogen-bond donors (Lipinski definition) is 0. The lowest BCUT2D eigenvalue weighted by atomic mass is 10.0. The van der Waals surface area contributed by atoms with E-state index in [4.69, 9.17) is 9.72 Å². The summed E-state index contributed by atoms with van der Waals surface area (Å²) in [5, 5.41) is 1.84. The summed E-state index contributed by atoms with van der Waals surface area (Å²) in [5.41, 5.74) is 0.691. The van der Waals surface area contributed by atoms with Gasteiger partial charge in [0.2, 0.25) is 5.91 Å². The van der Waals surface area contributed by atoms with Crippen molar-refractivity contribution in [3.05, 3.63) is 82.4 Å². The highest BCUT2D eigenvalue weighted by Crippen LogP contribution is 2.33. The standard InChI is InChI=1S/C25H19F4N3O2S.C2H6/c1-13-16(21(27)23(29)22(28)20(13)26)11-19(33)32(2)25-24(18-5-4-10-35-18)31-17(12-30-25)14-6-8-15(34-3)9-7-14;1-2/h4-10,12H,11H2,1-3H3;1-2H3. The Morgan fingerprint density at radius 2 is 1.65 bits per heavy atom. The number of aromatic nitrogens is 2.